The van der Waals surface area contributed by atoms with Crippen LogP contribution in [0.1, 0.15) is 54.6 Å². The van der Waals surface area contributed by atoms with Crippen LogP contribution in [0.5, 0.6) is 5.75 Å². The molecule has 25 heavy (non-hydrogen) atoms. The number of carbonyl (C=O) groups excluding carboxylic acids is 1. The van der Waals surface area contributed by atoms with Gasteiger partial charge in [-0.15, -0.1) is 0 Å². The minimum Gasteiger partial charge on any atom is -0.493 e. The number of carbonyl (C=O) groups is 1. The van der Waals surface area contributed by atoms with Crippen LogP contribution < -0.4 is 10.5 Å². The lowest BCUT2D eigenvalue weighted by molar-refractivity contribution is 0.1000. The maximum absolute atomic E-state index is 11.3. The number of primary amides is 1. The van der Waals surface area contributed by atoms with Crippen molar-refractivity contribution >= 4 is 5.91 Å². The first-order valence-corrected chi connectivity index (χ1v) is 9.23. The van der Waals surface area contributed by atoms with Gasteiger partial charge in [-0.05, 0) is 60.9 Å². The van der Waals surface area contributed by atoms with Gasteiger partial charge in [0.15, 0.2) is 0 Å². The zero-order chi connectivity index (χ0) is 18.1. The fraction of sp³-hybridized carbons (Fsp3) is 0.409. The number of benzene rings is 2. The first-order chi connectivity index (χ1) is 12.1. The third-order valence-corrected chi connectivity index (χ3v) is 4.77. The van der Waals surface area contributed by atoms with Crippen LogP contribution in [0.2, 0.25) is 0 Å². The minimum absolute atomic E-state index is 0.395. The van der Waals surface area contributed by atoms with Crippen molar-refractivity contribution < 1.29 is 9.53 Å². The van der Waals surface area contributed by atoms with Crippen LogP contribution in [-0.4, -0.2) is 12.5 Å². The summed E-state index contributed by atoms with van der Waals surface area (Å²) in [7, 11) is 0. The van der Waals surface area contributed by atoms with Crippen molar-refractivity contribution in [3.05, 3.63) is 65.2 Å². The fourth-order valence-electron chi connectivity index (χ4n) is 3.05. The van der Waals surface area contributed by atoms with Gasteiger partial charge < -0.3 is 10.5 Å². The Bertz CT molecular complexity index is 667. The molecule has 0 fully saturated rings. The molecule has 3 heteroatoms. The van der Waals surface area contributed by atoms with Crippen LogP contribution >= 0.6 is 0 Å². The second-order valence-electron chi connectivity index (χ2n) is 6.48. The van der Waals surface area contributed by atoms with Crippen LogP contribution in [0.25, 0.3) is 0 Å². The van der Waals surface area contributed by atoms with Gasteiger partial charge in [-0.2, -0.15) is 0 Å². The van der Waals surface area contributed by atoms with Gasteiger partial charge in [-0.1, -0.05) is 50.6 Å². The molecule has 2 rings (SSSR count). The summed E-state index contributed by atoms with van der Waals surface area (Å²) < 4.78 is 6.00. The summed E-state index contributed by atoms with van der Waals surface area (Å²) >= 11 is 0. The summed E-state index contributed by atoms with van der Waals surface area (Å²) in [6.45, 7) is 5.01. The quantitative estimate of drug-likeness (QED) is 0.677. The largest absolute Gasteiger partial charge is 0.493 e. The molecule has 2 N–H and O–H groups in total. The average Bonchev–Trinajstić information content (AvgIpc) is 2.65. The van der Waals surface area contributed by atoms with Gasteiger partial charge in [0.2, 0.25) is 5.91 Å². The monoisotopic (exact) mass is 339 g/mol. The fourth-order valence-corrected chi connectivity index (χ4v) is 3.05. The van der Waals surface area contributed by atoms with Crippen molar-refractivity contribution in [3.63, 3.8) is 0 Å². The number of ether oxygens (including phenoxy) is 1. The van der Waals surface area contributed by atoms with E-state index in [0.717, 1.165) is 37.0 Å². The van der Waals surface area contributed by atoms with Crippen LogP contribution in [0.15, 0.2) is 48.5 Å². The zero-order valence-corrected chi connectivity index (χ0v) is 15.3. The molecule has 1 unspecified atom stereocenters. The number of rotatable bonds is 10. The topological polar surface area (TPSA) is 52.3 Å². The first kappa shape index (κ1) is 19.0. The Morgan fingerprint density at radius 3 is 2.48 bits per heavy atom. The van der Waals surface area contributed by atoms with Gasteiger partial charge >= 0.3 is 0 Å². The van der Waals surface area contributed by atoms with E-state index in [2.05, 4.69) is 44.2 Å². The summed E-state index contributed by atoms with van der Waals surface area (Å²) in [5.74, 6) is 1.13. The van der Waals surface area contributed by atoms with Gasteiger partial charge in [0.1, 0.15) is 5.75 Å². The molecule has 1 atom stereocenters. The van der Waals surface area contributed by atoms with E-state index < -0.39 is 5.91 Å². The number of aryl methyl sites for hydroxylation is 2. The summed E-state index contributed by atoms with van der Waals surface area (Å²) in [6, 6.07) is 16.1. The average molecular weight is 339 g/mol. The molecule has 2 aromatic rings. The minimum atomic E-state index is -0.395. The molecule has 1 amide bonds. The lowest BCUT2D eigenvalue weighted by Crippen LogP contribution is -2.12. The summed E-state index contributed by atoms with van der Waals surface area (Å²) in [5, 5.41) is 0. The zero-order valence-electron chi connectivity index (χ0n) is 15.3. The summed E-state index contributed by atoms with van der Waals surface area (Å²) in [5.41, 5.74) is 8.32. The first-order valence-electron chi connectivity index (χ1n) is 9.23. The number of nitrogens with two attached hydrogens (primary N) is 1. The normalized spacial score (nSPS) is 11.9. The predicted molar refractivity (Wildman–Crippen MR) is 103 cm³/mol. The van der Waals surface area contributed by atoms with Crippen LogP contribution in [0, 0.1) is 5.92 Å². The standard InChI is InChI=1S/C22H29NO2/c1-3-17(10-11-18-8-6-5-7-9-18)14-15-25-21-13-12-20(22(23)24)16-19(21)4-2/h5-9,12-13,16-17H,3-4,10-11,14-15H2,1-2H3,(H2,23,24). The van der Waals surface area contributed by atoms with E-state index in [1.165, 1.54) is 12.0 Å². The predicted octanol–water partition coefficient (Wildman–Crippen LogP) is 4.78. The van der Waals surface area contributed by atoms with E-state index in [9.17, 15) is 4.79 Å². The smallest absolute Gasteiger partial charge is 0.248 e. The molecule has 0 aliphatic carbocycles. The van der Waals surface area contributed by atoms with Crippen molar-refractivity contribution in [1.29, 1.82) is 0 Å². The highest BCUT2D eigenvalue weighted by Gasteiger charge is 2.10. The van der Waals surface area contributed by atoms with Crippen molar-refractivity contribution in [2.75, 3.05) is 6.61 Å². The molecule has 0 aliphatic heterocycles. The van der Waals surface area contributed by atoms with Crippen LogP contribution in [-0.2, 0) is 12.8 Å². The Kier molecular flexibility index (Phi) is 7.52. The van der Waals surface area contributed by atoms with Gasteiger partial charge in [0.25, 0.3) is 0 Å². The molecule has 0 radical (unpaired) electrons. The molecule has 0 bridgehead atoms. The highest BCUT2D eigenvalue weighted by Crippen LogP contribution is 2.23. The van der Waals surface area contributed by atoms with Gasteiger partial charge in [0, 0.05) is 5.56 Å². The van der Waals surface area contributed by atoms with Crippen molar-refractivity contribution in [2.45, 2.75) is 46.0 Å². The second kappa shape index (κ2) is 9.87. The Morgan fingerprint density at radius 1 is 1.08 bits per heavy atom. The maximum Gasteiger partial charge on any atom is 0.248 e. The lowest BCUT2D eigenvalue weighted by Gasteiger charge is -2.17. The Hall–Kier alpha value is -2.29. The molecule has 0 saturated heterocycles. The van der Waals surface area contributed by atoms with Crippen molar-refractivity contribution in [2.24, 2.45) is 11.7 Å². The molecular formula is C22H29NO2. The Labute approximate surface area is 151 Å². The van der Waals surface area contributed by atoms with E-state index in [1.807, 2.05) is 12.1 Å². The van der Waals surface area contributed by atoms with Gasteiger partial charge in [-0.3, -0.25) is 4.79 Å². The second-order valence-corrected chi connectivity index (χ2v) is 6.48. The van der Waals surface area contributed by atoms with Crippen LogP contribution in [0.3, 0.4) is 0 Å². The molecule has 0 saturated carbocycles. The molecule has 0 spiro atoms. The van der Waals surface area contributed by atoms with E-state index in [4.69, 9.17) is 10.5 Å². The van der Waals surface area contributed by atoms with Crippen molar-refractivity contribution in [1.82, 2.24) is 0 Å². The van der Waals surface area contributed by atoms with Crippen LogP contribution in [0.4, 0.5) is 0 Å². The highest BCUT2D eigenvalue weighted by molar-refractivity contribution is 5.93. The molecule has 0 aromatic heterocycles. The van der Waals surface area contributed by atoms with Crippen molar-refractivity contribution in [3.8, 4) is 5.75 Å². The highest BCUT2D eigenvalue weighted by atomic mass is 16.5. The van der Waals surface area contributed by atoms with E-state index in [1.54, 1.807) is 6.07 Å². The molecule has 0 aliphatic rings. The number of hydrogen-bond donors (Lipinski definition) is 1. The molecule has 0 heterocycles. The van der Waals surface area contributed by atoms with Gasteiger partial charge in [0.05, 0.1) is 6.61 Å². The molecule has 3 nitrogen and oxygen atoms in total. The maximum atomic E-state index is 11.3. The van der Waals surface area contributed by atoms with E-state index >= 15 is 0 Å². The van der Waals surface area contributed by atoms with Gasteiger partial charge in [-0.25, -0.2) is 0 Å². The third-order valence-electron chi connectivity index (χ3n) is 4.77. The lowest BCUT2D eigenvalue weighted by atomic mass is 9.94. The summed E-state index contributed by atoms with van der Waals surface area (Å²) in [6.07, 6.45) is 5.33. The Balaban J connectivity index is 1.84. The van der Waals surface area contributed by atoms with E-state index in [0.29, 0.717) is 18.1 Å². The number of amides is 1. The number of hydrogen-bond acceptors (Lipinski definition) is 2. The molecule has 2 aromatic carbocycles. The molecular weight excluding hydrogens is 310 g/mol. The Morgan fingerprint density at radius 2 is 1.84 bits per heavy atom. The molecule has 134 valence electrons. The SMILES string of the molecule is CCc1cc(C(N)=O)ccc1OCCC(CC)CCc1ccccc1. The third kappa shape index (κ3) is 5.93. The summed E-state index contributed by atoms with van der Waals surface area (Å²) in [4.78, 5) is 11.3. The van der Waals surface area contributed by atoms with E-state index in [-0.39, 0.29) is 0 Å².